The summed E-state index contributed by atoms with van der Waals surface area (Å²) in [7, 11) is 1.53. The average Bonchev–Trinajstić information content (AvgIpc) is 3.26. The van der Waals surface area contributed by atoms with Crippen LogP contribution in [0.15, 0.2) is 24.4 Å². The summed E-state index contributed by atoms with van der Waals surface area (Å²) in [6, 6.07) is 6.20. The highest BCUT2D eigenvalue weighted by Gasteiger charge is 2.28. The van der Waals surface area contributed by atoms with Gasteiger partial charge in [-0.3, -0.25) is 0 Å². The number of hydrogen-bond donors (Lipinski definition) is 2. The molecule has 2 N–H and O–H groups in total. The SMILES string of the molecule is COc1nc(N2CCOC(CO)C2)cc(-n2ncc3cc(C)c(C4CCNCC4F)cc32)n1. The second-order valence-electron chi connectivity index (χ2n) is 8.63. The van der Waals surface area contributed by atoms with Crippen LogP contribution in [0.3, 0.4) is 0 Å². The standard InChI is InChI=1S/C23H29FN6O3/c1-14-7-15-10-26-30(20(15)8-18(14)17-3-4-25-11-19(17)24)22-9-21(27-23(28-22)32-2)29-5-6-33-16(12-29)13-31/h7-10,16-17,19,25,31H,3-6,11-13H2,1-2H3. The Morgan fingerprint density at radius 3 is 2.91 bits per heavy atom. The highest BCUT2D eigenvalue weighted by molar-refractivity contribution is 5.82. The molecule has 4 heterocycles. The molecule has 1 aromatic carbocycles. The first kappa shape index (κ1) is 22.0. The van der Waals surface area contributed by atoms with Gasteiger partial charge in [-0.2, -0.15) is 15.1 Å². The van der Waals surface area contributed by atoms with Gasteiger partial charge < -0.3 is 24.8 Å². The monoisotopic (exact) mass is 456 g/mol. The highest BCUT2D eigenvalue weighted by atomic mass is 19.1. The zero-order valence-electron chi connectivity index (χ0n) is 18.9. The largest absolute Gasteiger partial charge is 0.467 e. The summed E-state index contributed by atoms with van der Waals surface area (Å²) < 4.78 is 27.4. The summed E-state index contributed by atoms with van der Waals surface area (Å²) in [4.78, 5) is 11.1. The van der Waals surface area contributed by atoms with E-state index in [-0.39, 0.29) is 24.6 Å². The van der Waals surface area contributed by atoms with Gasteiger partial charge in [0.25, 0.3) is 0 Å². The molecule has 2 saturated heterocycles. The second-order valence-corrected chi connectivity index (χ2v) is 8.63. The van der Waals surface area contributed by atoms with Crippen LogP contribution in [0, 0.1) is 6.92 Å². The number of aromatic nitrogens is 4. The van der Waals surface area contributed by atoms with Crippen molar-refractivity contribution in [3.8, 4) is 11.8 Å². The van der Waals surface area contributed by atoms with E-state index < -0.39 is 6.17 Å². The van der Waals surface area contributed by atoms with Gasteiger partial charge in [-0.1, -0.05) is 0 Å². The molecule has 3 atom stereocenters. The van der Waals surface area contributed by atoms with Gasteiger partial charge in [0.15, 0.2) is 5.82 Å². The number of alkyl halides is 1. The number of fused-ring (bicyclic) bond motifs is 1. The third-order valence-corrected chi connectivity index (χ3v) is 6.51. The number of rotatable bonds is 5. The molecule has 0 radical (unpaired) electrons. The molecule has 33 heavy (non-hydrogen) atoms. The van der Waals surface area contributed by atoms with Crippen molar-refractivity contribution in [2.75, 3.05) is 51.4 Å². The zero-order chi connectivity index (χ0) is 22.9. The second kappa shape index (κ2) is 9.20. The van der Waals surface area contributed by atoms with Gasteiger partial charge in [0.1, 0.15) is 12.0 Å². The van der Waals surface area contributed by atoms with Gasteiger partial charge in [0, 0.05) is 37.0 Å². The molecule has 2 aliphatic rings. The summed E-state index contributed by atoms with van der Waals surface area (Å²) in [6.07, 6.45) is 1.37. The lowest BCUT2D eigenvalue weighted by Gasteiger charge is -2.33. The number of ether oxygens (including phenoxy) is 2. The lowest BCUT2D eigenvalue weighted by molar-refractivity contribution is 0.00333. The number of aliphatic hydroxyl groups excluding tert-OH is 1. The third-order valence-electron chi connectivity index (χ3n) is 6.51. The molecule has 2 aliphatic heterocycles. The van der Waals surface area contributed by atoms with Gasteiger partial charge in [-0.25, -0.2) is 9.07 Å². The Kier molecular flexibility index (Phi) is 6.13. The molecule has 0 bridgehead atoms. The molecule has 2 fully saturated rings. The smallest absolute Gasteiger partial charge is 0.320 e. The molecular weight excluding hydrogens is 427 g/mol. The van der Waals surface area contributed by atoms with Crippen LogP contribution in [-0.4, -0.2) is 83.6 Å². The maximum Gasteiger partial charge on any atom is 0.320 e. The van der Waals surface area contributed by atoms with Crippen LogP contribution in [0.25, 0.3) is 16.7 Å². The van der Waals surface area contributed by atoms with Crippen LogP contribution in [0.5, 0.6) is 6.01 Å². The van der Waals surface area contributed by atoms with E-state index in [1.54, 1.807) is 10.9 Å². The predicted octanol–water partition coefficient (Wildman–Crippen LogP) is 1.75. The summed E-state index contributed by atoms with van der Waals surface area (Å²) in [6.45, 7) is 4.83. The van der Waals surface area contributed by atoms with Crippen molar-refractivity contribution in [1.82, 2.24) is 25.1 Å². The van der Waals surface area contributed by atoms with Crippen molar-refractivity contribution < 1.29 is 19.0 Å². The Bertz CT molecular complexity index is 1140. The first-order chi connectivity index (χ1) is 16.1. The third kappa shape index (κ3) is 4.25. The molecular formula is C23H29FN6O3. The number of anilines is 1. The van der Waals surface area contributed by atoms with Crippen LogP contribution >= 0.6 is 0 Å². The molecule has 3 unspecified atom stereocenters. The maximum absolute atomic E-state index is 14.7. The molecule has 176 valence electrons. The van der Waals surface area contributed by atoms with Crippen LogP contribution in [0.2, 0.25) is 0 Å². The van der Waals surface area contributed by atoms with Gasteiger partial charge in [0.2, 0.25) is 0 Å². The lowest BCUT2D eigenvalue weighted by atomic mass is 9.85. The van der Waals surface area contributed by atoms with Crippen molar-refractivity contribution in [3.05, 3.63) is 35.5 Å². The topological polar surface area (TPSA) is 97.6 Å². The normalized spacial score (nSPS) is 23.8. The molecule has 2 aromatic heterocycles. The average molecular weight is 457 g/mol. The number of piperidine rings is 1. The van der Waals surface area contributed by atoms with E-state index in [1.807, 2.05) is 24.0 Å². The zero-order valence-corrected chi connectivity index (χ0v) is 18.9. The predicted molar refractivity (Wildman–Crippen MR) is 122 cm³/mol. The lowest BCUT2D eigenvalue weighted by Crippen LogP contribution is -2.44. The van der Waals surface area contributed by atoms with Crippen LogP contribution in [0.4, 0.5) is 10.2 Å². The van der Waals surface area contributed by atoms with Crippen LogP contribution < -0.4 is 15.0 Å². The van der Waals surface area contributed by atoms with E-state index in [4.69, 9.17) is 9.47 Å². The summed E-state index contributed by atoms with van der Waals surface area (Å²) >= 11 is 0. The number of nitrogens with one attached hydrogen (secondary N) is 1. The Labute approximate surface area is 191 Å². The Morgan fingerprint density at radius 2 is 2.12 bits per heavy atom. The number of nitrogens with zero attached hydrogens (tertiary/aromatic N) is 5. The Hall–Kier alpha value is -2.82. The number of morpholine rings is 1. The van der Waals surface area contributed by atoms with Crippen molar-refractivity contribution in [2.24, 2.45) is 0 Å². The summed E-state index contributed by atoms with van der Waals surface area (Å²) in [5, 5.41) is 18.2. The first-order valence-electron chi connectivity index (χ1n) is 11.3. The molecule has 9 nitrogen and oxygen atoms in total. The van der Waals surface area contributed by atoms with Gasteiger partial charge in [0.05, 0.1) is 38.1 Å². The molecule has 0 spiro atoms. The minimum Gasteiger partial charge on any atom is -0.467 e. The van der Waals surface area contributed by atoms with E-state index in [0.29, 0.717) is 37.9 Å². The fourth-order valence-electron chi connectivity index (χ4n) is 4.76. The van der Waals surface area contributed by atoms with Crippen molar-refractivity contribution >= 4 is 16.7 Å². The molecule has 3 aromatic rings. The highest BCUT2D eigenvalue weighted by Crippen LogP contribution is 2.33. The number of aliphatic hydroxyl groups is 1. The van der Waals surface area contributed by atoms with Gasteiger partial charge >= 0.3 is 6.01 Å². The molecule has 0 saturated carbocycles. The van der Waals surface area contributed by atoms with Gasteiger partial charge in [-0.05, 0) is 43.1 Å². The molecule has 10 heteroatoms. The maximum atomic E-state index is 14.7. The Balaban J connectivity index is 1.56. The number of methoxy groups -OCH3 is 1. The Morgan fingerprint density at radius 1 is 1.27 bits per heavy atom. The molecule has 5 rings (SSSR count). The van der Waals surface area contributed by atoms with E-state index in [0.717, 1.165) is 35.0 Å². The quantitative estimate of drug-likeness (QED) is 0.599. The van der Waals surface area contributed by atoms with Gasteiger partial charge in [-0.15, -0.1) is 0 Å². The van der Waals surface area contributed by atoms with E-state index in [9.17, 15) is 9.50 Å². The van der Waals surface area contributed by atoms with Crippen molar-refractivity contribution in [3.63, 3.8) is 0 Å². The van der Waals surface area contributed by atoms with Crippen molar-refractivity contribution in [1.29, 1.82) is 0 Å². The number of halogens is 1. The number of aryl methyl sites for hydroxylation is 1. The number of benzene rings is 1. The first-order valence-corrected chi connectivity index (χ1v) is 11.3. The van der Waals surface area contributed by atoms with Crippen LogP contribution in [-0.2, 0) is 4.74 Å². The van der Waals surface area contributed by atoms with E-state index in [2.05, 4.69) is 26.4 Å². The van der Waals surface area contributed by atoms with E-state index >= 15 is 0 Å². The van der Waals surface area contributed by atoms with Crippen LogP contribution in [0.1, 0.15) is 23.5 Å². The fourth-order valence-corrected chi connectivity index (χ4v) is 4.76. The van der Waals surface area contributed by atoms with E-state index in [1.165, 1.54) is 7.11 Å². The summed E-state index contributed by atoms with van der Waals surface area (Å²) in [5.74, 6) is 1.10. The molecule has 0 aliphatic carbocycles. The number of hydrogen-bond acceptors (Lipinski definition) is 8. The minimum absolute atomic E-state index is 0.0518. The molecule has 0 amide bonds. The summed E-state index contributed by atoms with van der Waals surface area (Å²) in [5.41, 5.74) is 2.95. The minimum atomic E-state index is -0.919. The fraction of sp³-hybridized carbons (Fsp3) is 0.522. The van der Waals surface area contributed by atoms with Crippen molar-refractivity contribution in [2.45, 2.75) is 31.5 Å².